The Bertz CT molecular complexity index is 374. The molecule has 2 nitrogen and oxygen atoms in total. The fourth-order valence-electron chi connectivity index (χ4n) is 2.57. The molecule has 0 bridgehead atoms. The summed E-state index contributed by atoms with van der Waals surface area (Å²) in [7, 11) is 1.48. The van der Waals surface area contributed by atoms with Crippen LogP contribution in [0.5, 0.6) is 5.75 Å². The Hall–Kier alpha value is -1.09. The Morgan fingerprint density at radius 2 is 1.94 bits per heavy atom. The number of halogens is 1. The third-order valence-electron chi connectivity index (χ3n) is 3.50. The molecule has 0 atom stereocenters. The van der Waals surface area contributed by atoms with E-state index in [0.717, 1.165) is 36.8 Å². The highest BCUT2D eigenvalue weighted by atomic mass is 19.1. The number of methoxy groups -OCH3 is 1. The van der Waals surface area contributed by atoms with E-state index in [2.05, 4.69) is 0 Å². The van der Waals surface area contributed by atoms with E-state index in [0.29, 0.717) is 5.75 Å². The Balaban J connectivity index is 2.43. The van der Waals surface area contributed by atoms with Crippen LogP contribution in [0.25, 0.3) is 0 Å². The van der Waals surface area contributed by atoms with Crippen molar-refractivity contribution in [1.82, 2.24) is 0 Å². The van der Waals surface area contributed by atoms with E-state index in [1.54, 1.807) is 0 Å². The Morgan fingerprint density at radius 1 is 1.31 bits per heavy atom. The summed E-state index contributed by atoms with van der Waals surface area (Å²) in [4.78, 5) is 0. The van der Waals surface area contributed by atoms with Crippen molar-refractivity contribution in [2.24, 2.45) is 5.73 Å². The lowest BCUT2D eigenvalue weighted by atomic mass is 9.88. The largest absolute Gasteiger partial charge is 0.493 e. The van der Waals surface area contributed by atoms with Crippen molar-refractivity contribution < 1.29 is 9.13 Å². The lowest BCUT2D eigenvalue weighted by Gasteiger charge is -2.25. The summed E-state index contributed by atoms with van der Waals surface area (Å²) in [6.45, 7) is 1.85. The number of ether oxygens (including phenoxy) is 1. The van der Waals surface area contributed by atoms with Crippen LogP contribution in [0.3, 0.4) is 0 Å². The van der Waals surface area contributed by atoms with E-state index < -0.39 is 0 Å². The van der Waals surface area contributed by atoms with Crippen molar-refractivity contribution in [2.45, 2.75) is 38.1 Å². The molecule has 0 spiro atoms. The first-order valence-corrected chi connectivity index (χ1v) is 5.70. The zero-order valence-corrected chi connectivity index (χ0v) is 9.85. The second kappa shape index (κ2) is 4.06. The first-order valence-electron chi connectivity index (χ1n) is 5.70. The highest BCUT2D eigenvalue weighted by Gasteiger charge is 2.32. The van der Waals surface area contributed by atoms with Gasteiger partial charge in [-0.3, -0.25) is 0 Å². The molecule has 0 aromatic heterocycles. The van der Waals surface area contributed by atoms with Crippen molar-refractivity contribution in [3.63, 3.8) is 0 Å². The highest BCUT2D eigenvalue weighted by Crippen LogP contribution is 2.38. The van der Waals surface area contributed by atoms with E-state index in [-0.39, 0.29) is 11.4 Å². The molecule has 3 heteroatoms. The van der Waals surface area contributed by atoms with Gasteiger partial charge in [0.2, 0.25) is 0 Å². The predicted molar refractivity (Wildman–Crippen MR) is 62.0 cm³/mol. The molecule has 88 valence electrons. The van der Waals surface area contributed by atoms with Gasteiger partial charge in [0.1, 0.15) is 0 Å². The minimum atomic E-state index is -0.335. The summed E-state index contributed by atoms with van der Waals surface area (Å²) in [6.07, 6.45) is 4.14. The third kappa shape index (κ3) is 1.80. The summed E-state index contributed by atoms with van der Waals surface area (Å²) in [6, 6.07) is 3.48. The molecule has 1 aromatic rings. The van der Waals surface area contributed by atoms with Gasteiger partial charge < -0.3 is 10.5 Å². The first kappa shape index (κ1) is 11.4. The van der Waals surface area contributed by atoms with Gasteiger partial charge >= 0.3 is 0 Å². The maximum Gasteiger partial charge on any atom is 0.165 e. The maximum absolute atomic E-state index is 13.8. The summed E-state index contributed by atoms with van der Waals surface area (Å²) in [5.41, 5.74) is 7.68. The summed E-state index contributed by atoms with van der Waals surface area (Å²) >= 11 is 0. The second-order valence-corrected chi connectivity index (χ2v) is 4.67. The van der Waals surface area contributed by atoms with E-state index in [4.69, 9.17) is 10.5 Å². The van der Waals surface area contributed by atoms with Gasteiger partial charge in [-0.1, -0.05) is 18.9 Å². The van der Waals surface area contributed by atoms with Gasteiger partial charge in [0.05, 0.1) is 7.11 Å². The fourth-order valence-corrected chi connectivity index (χ4v) is 2.57. The molecule has 2 N–H and O–H groups in total. The number of hydrogen-bond acceptors (Lipinski definition) is 2. The fraction of sp³-hybridized carbons (Fsp3) is 0.538. The standard InChI is InChI=1S/C13H18FNO/c1-9-7-10(8-11(14)12(9)16-2)13(15)5-3-4-6-13/h7-8H,3-6,15H2,1-2H3. The molecule has 2 rings (SSSR count). The highest BCUT2D eigenvalue weighted by molar-refractivity contribution is 5.40. The molecule has 1 aromatic carbocycles. The molecular weight excluding hydrogens is 205 g/mol. The quantitative estimate of drug-likeness (QED) is 0.836. The van der Waals surface area contributed by atoms with Gasteiger partial charge in [-0.05, 0) is 37.0 Å². The van der Waals surface area contributed by atoms with E-state index in [1.165, 1.54) is 13.2 Å². The monoisotopic (exact) mass is 223 g/mol. The van der Waals surface area contributed by atoms with Crippen molar-refractivity contribution in [3.05, 3.63) is 29.1 Å². The molecule has 1 aliphatic rings. The lowest BCUT2D eigenvalue weighted by Crippen LogP contribution is -2.33. The molecule has 0 unspecified atom stereocenters. The third-order valence-corrected chi connectivity index (χ3v) is 3.50. The Kier molecular flexibility index (Phi) is 2.89. The molecule has 0 amide bonds. The van der Waals surface area contributed by atoms with Crippen LogP contribution in [-0.4, -0.2) is 7.11 Å². The van der Waals surface area contributed by atoms with Crippen LogP contribution in [0.15, 0.2) is 12.1 Å². The van der Waals surface area contributed by atoms with Gasteiger partial charge in [0.25, 0.3) is 0 Å². The van der Waals surface area contributed by atoms with Gasteiger partial charge in [0.15, 0.2) is 11.6 Å². The minimum Gasteiger partial charge on any atom is -0.493 e. The molecule has 16 heavy (non-hydrogen) atoms. The van der Waals surface area contributed by atoms with Crippen molar-refractivity contribution in [3.8, 4) is 5.75 Å². The number of aryl methyl sites for hydroxylation is 1. The van der Waals surface area contributed by atoms with Gasteiger partial charge in [-0.15, -0.1) is 0 Å². The van der Waals surface area contributed by atoms with Crippen LogP contribution >= 0.6 is 0 Å². The summed E-state index contributed by atoms with van der Waals surface area (Å²) in [5, 5.41) is 0. The molecule has 1 aliphatic carbocycles. The predicted octanol–water partition coefficient (Wildman–Crippen LogP) is 2.87. The molecule has 0 saturated heterocycles. The van der Waals surface area contributed by atoms with E-state index >= 15 is 0 Å². The number of nitrogens with two attached hydrogens (primary N) is 1. The average molecular weight is 223 g/mol. The molecule has 0 radical (unpaired) electrons. The Labute approximate surface area is 95.6 Å². The number of rotatable bonds is 2. The maximum atomic E-state index is 13.8. The van der Waals surface area contributed by atoms with Gasteiger partial charge in [-0.25, -0.2) is 4.39 Å². The van der Waals surface area contributed by atoms with E-state index in [9.17, 15) is 4.39 Å². The van der Waals surface area contributed by atoms with Crippen LogP contribution in [0.4, 0.5) is 4.39 Å². The number of hydrogen-bond donors (Lipinski definition) is 1. The lowest BCUT2D eigenvalue weighted by molar-refractivity contribution is 0.380. The van der Waals surface area contributed by atoms with Crippen LogP contribution in [0, 0.1) is 12.7 Å². The van der Waals surface area contributed by atoms with E-state index in [1.807, 2.05) is 13.0 Å². The average Bonchev–Trinajstić information content (AvgIpc) is 2.66. The zero-order valence-electron chi connectivity index (χ0n) is 9.85. The van der Waals surface area contributed by atoms with Crippen molar-refractivity contribution >= 4 is 0 Å². The molecule has 0 aliphatic heterocycles. The van der Waals surface area contributed by atoms with Crippen LogP contribution in [-0.2, 0) is 5.54 Å². The normalized spacial score (nSPS) is 18.8. The Morgan fingerprint density at radius 3 is 2.44 bits per heavy atom. The molecule has 1 saturated carbocycles. The summed E-state index contributed by atoms with van der Waals surface area (Å²) in [5.74, 6) is 0.0135. The van der Waals surface area contributed by atoms with Crippen LogP contribution < -0.4 is 10.5 Å². The van der Waals surface area contributed by atoms with Crippen LogP contribution in [0.2, 0.25) is 0 Å². The molecular formula is C13H18FNO. The van der Waals surface area contributed by atoms with Gasteiger partial charge in [0, 0.05) is 5.54 Å². The topological polar surface area (TPSA) is 35.2 Å². The molecule has 0 heterocycles. The first-order chi connectivity index (χ1) is 7.57. The summed E-state index contributed by atoms with van der Waals surface area (Å²) < 4.78 is 18.8. The van der Waals surface area contributed by atoms with Gasteiger partial charge in [-0.2, -0.15) is 0 Å². The van der Waals surface area contributed by atoms with Crippen LogP contribution in [0.1, 0.15) is 36.8 Å². The molecule has 1 fully saturated rings. The van der Waals surface area contributed by atoms with Crippen molar-refractivity contribution in [1.29, 1.82) is 0 Å². The minimum absolute atomic E-state index is 0.311. The second-order valence-electron chi connectivity index (χ2n) is 4.67. The SMILES string of the molecule is COc1c(C)cc(C2(N)CCCC2)cc1F. The number of benzene rings is 1. The van der Waals surface area contributed by atoms with Crippen molar-refractivity contribution in [2.75, 3.05) is 7.11 Å². The zero-order chi connectivity index (χ0) is 11.8. The smallest absolute Gasteiger partial charge is 0.165 e.